The van der Waals surface area contributed by atoms with Crippen LogP contribution < -0.4 is 10.1 Å². The number of likely N-dealkylation sites (tertiary alicyclic amines) is 1. The highest BCUT2D eigenvalue weighted by atomic mass is 16.5. The summed E-state index contributed by atoms with van der Waals surface area (Å²) in [7, 11) is 1.67. The molecule has 1 aliphatic carbocycles. The number of carbonyl (C=O) groups excluding carboxylic acids is 1. The first kappa shape index (κ1) is 14.4. The summed E-state index contributed by atoms with van der Waals surface area (Å²) in [6.45, 7) is 3.07. The molecule has 1 heterocycles. The number of methoxy groups -OCH3 is 1. The normalized spacial score (nSPS) is 23.4. The van der Waals surface area contributed by atoms with Gasteiger partial charge in [-0.05, 0) is 43.4 Å². The van der Waals surface area contributed by atoms with Gasteiger partial charge in [-0.25, -0.2) is 0 Å². The maximum atomic E-state index is 12.4. The van der Waals surface area contributed by atoms with E-state index in [9.17, 15) is 4.79 Å². The molecule has 0 spiro atoms. The van der Waals surface area contributed by atoms with Gasteiger partial charge >= 0.3 is 0 Å². The molecule has 1 aromatic rings. The summed E-state index contributed by atoms with van der Waals surface area (Å²) in [5.74, 6) is 1.16. The standard InChI is InChI=1S/C17H24N2O2/c1-3-15(12-4-8-14(21-2)9-5-12)18-16-10-11-19(17(16)20)13-6-7-13/h4-5,8-9,13,15-16,18H,3,6-7,10-11H2,1-2H3/t15-,16-/m1/s1. The van der Waals surface area contributed by atoms with Gasteiger partial charge in [-0.3, -0.25) is 10.1 Å². The lowest BCUT2D eigenvalue weighted by molar-refractivity contribution is -0.130. The monoisotopic (exact) mass is 288 g/mol. The minimum absolute atomic E-state index is 0.0161. The van der Waals surface area contributed by atoms with E-state index in [1.807, 2.05) is 12.1 Å². The second kappa shape index (κ2) is 6.06. The third-order valence-corrected chi connectivity index (χ3v) is 4.56. The van der Waals surface area contributed by atoms with E-state index in [0.717, 1.165) is 25.1 Å². The van der Waals surface area contributed by atoms with Gasteiger partial charge in [-0.15, -0.1) is 0 Å². The Morgan fingerprint density at radius 1 is 1.29 bits per heavy atom. The van der Waals surface area contributed by atoms with Crippen LogP contribution in [-0.4, -0.2) is 36.5 Å². The Kier molecular flexibility index (Phi) is 4.15. The topological polar surface area (TPSA) is 41.6 Å². The second-order valence-corrected chi connectivity index (χ2v) is 6.00. The quantitative estimate of drug-likeness (QED) is 0.874. The molecule has 1 N–H and O–H groups in total. The highest BCUT2D eigenvalue weighted by molar-refractivity contribution is 5.84. The van der Waals surface area contributed by atoms with Crippen LogP contribution in [0, 0.1) is 0 Å². The molecular formula is C17H24N2O2. The molecule has 114 valence electrons. The summed E-state index contributed by atoms with van der Waals surface area (Å²) >= 11 is 0. The van der Waals surface area contributed by atoms with Gasteiger partial charge in [0.05, 0.1) is 13.2 Å². The molecule has 1 aliphatic heterocycles. The van der Waals surface area contributed by atoms with Crippen molar-refractivity contribution in [3.05, 3.63) is 29.8 Å². The zero-order valence-electron chi connectivity index (χ0n) is 12.8. The molecule has 1 saturated carbocycles. The Bertz CT molecular complexity index is 496. The van der Waals surface area contributed by atoms with E-state index in [0.29, 0.717) is 11.9 Å². The van der Waals surface area contributed by atoms with Crippen LogP contribution in [0.1, 0.15) is 44.2 Å². The Labute approximate surface area is 126 Å². The summed E-state index contributed by atoms with van der Waals surface area (Å²) in [6, 6.07) is 8.86. The van der Waals surface area contributed by atoms with Crippen LogP contribution in [0.5, 0.6) is 5.75 Å². The zero-order chi connectivity index (χ0) is 14.8. The van der Waals surface area contributed by atoms with Crippen molar-refractivity contribution in [3.63, 3.8) is 0 Å². The number of nitrogens with zero attached hydrogens (tertiary/aromatic N) is 1. The van der Waals surface area contributed by atoms with Gasteiger partial charge in [-0.2, -0.15) is 0 Å². The van der Waals surface area contributed by atoms with Gasteiger partial charge in [0.2, 0.25) is 5.91 Å². The van der Waals surface area contributed by atoms with E-state index >= 15 is 0 Å². The first-order valence-corrected chi connectivity index (χ1v) is 7.93. The molecule has 2 aliphatic rings. The fraction of sp³-hybridized carbons (Fsp3) is 0.588. The second-order valence-electron chi connectivity index (χ2n) is 6.00. The van der Waals surface area contributed by atoms with Crippen molar-refractivity contribution < 1.29 is 9.53 Å². The average Bonchev–Trinajstić information content (AvgIpc) is 3.30. The smallest absolute Gasteiger partial charge is 0.240 e. The first-order chi connectivity index (χ1) is 10.2. The van der Waals surface area contributed by atoms with Crippen LogP contribution in [0.3, 0.4) is 0 Å². The van der Waals surface area contributed by atoms with Crippen molar-refractivity contribution in [3.8, 4) is 5.75 Å². The summed E-state index contributed by atoms with van der Waals surface area (Å²) < 4.78 is 5.20. The van der Waals surface area contributed by atoms with Gasteiger partial charge in [0, 0.05) is 18.6 Å². The van der Waals surface area contributed by atoms with Gasteiger partial charge in [0.1, 0.15) is 5.75 Å². The molecule has 0 bridgehead atoms. The van der Waals surface area contributed by atoms with Crippen molar-refractivity contribution in [2.24, 2.45) is 0 Å². The highest BCUT2D eigenvalue weighted by Crippen LogP contribution is 2.31. The number of ether oxygens (including phenoxy) is 1. The van der Waals surface area contributed by atoms with Crippen LogP contribution in [0.15, 0.2) is 24.3 Å². The molecule has 3 rings (SSSR count). The van der Waals surface area contributed by atoms with Crippen molar-refractivity contribution >= 4 is 5.91 Å². The van der Waals surface area contributed by atoms with Crippen molar-refractivity contribution in [2.75, 3.05) is 13.7 Å². The van der Waals surface area contributed by atoms with Gasteiger partial charge in [0.15, 0.2) is 0 Å². The predicted molar refractivity (Wildman–Crippen MR) is 82.3 cm³/mol. The molecule has 2 atom stereocenters. The third kappa shape index (κ3) is 3.05. The van der Waals surface area contributed by atoms with Gasteiger partial charge in [-0.1, -0.05) is 19.1 Å². The molecule has 4 heteroatoms. The number of hydrogen-bond donors (Lipinski definition) is 1. The zero-order valence-corrected chi connectivity index (χ0v) is 12.8. The molecule has 0 aromatic heterocycles. The van der Waals surface area contributed by atoms with Crippen molar-refractivity contribution in [1.82, 2.24) is 10.2 Å². The van der Waals surface area contributed by atoms with Crippen LogP contribution >= 0.6 is 0 Å². The summed E-state index contributed by atoms with van der Waals surface area (Å²) in [6.07, 6.45) is 4.28. The fourth-order valence-corrected chi connectivity index (χ4v) is 3.13. The first-order valence-electron chi connectivity index (χ1n) is 7.93. The number of carbonyl (C=O) groups is 1. The molecule has 0 unspecified atom stereocenters. The van der Waals surface area contributed by atoms with Crippen LogP contribution in [0.2, 0.25) is 0 Å². The molecule has 21 heavy (non-hydrogen) atoms. The highest BCUT2D eigenvalue weighted by Gasteiger charge is 2.40. The number of benzene rings is 1. The summed E-state index contributed by atoms with van der Waals surface area (Å²) in [5.41, 5.74) is 1.22. The van der Waals surface area contributed by atoms with Crippen LogP contribution in [-0.2, 0) is 4.79 Å². The van der Waals surface area contributed by atoms with E-state index < -0.39 is 0 Å². The van der Waals surface area contributed by atoms with E-state index in [4.69, 9.17) is 4.74 Å². The van der Waals surface area contributed by atoms with Gasteiger partial charge in [0.25, 0.3) is 0 Å². The summed E-state index contributed by atoms with van der Waals surface area (Å²) in [5, 5.41) is 3.55. The van der Waals surface area contributed by atoms with Crippen LogP contribution in [0.25, 0.3) is 0 Å². The molecule has 1 saturated heterocycles. The van der Waals surface area contributed by atoms with Crippen LogP contribution in [0.4, 0.5) is 0 Å². The molecule has 4 nitrogen and oxygen atoms in total. The molecule has 2 fully saturated rings. The maximum Gasteiger partial charge on any atom is 0.240 e. The average molecular weight is 288 g/mol. The SMILES string of the molecule is CC[C@@H](N[C@@H]1CCN(C2CC2)C1=O)c1ccc(OC)cc1. The molecule has 1 amide bonds. The molecular weight excluding hydrogens is 264 g/mol. The largest absolute Gasteiger partial charge is 0.497 e. The fourth-order valence-electron chi connectivity index (χ4n) is 3.13. The van der Waals surface area contributed by atoms with E-state index in [2.05, 4.69) is 29.3 Å². The van der Waals surface area contributed by atoms with E-state index in [1.54, 1.807) is 7.11 Å². The number of nitrogens with one attached hydrogen (secondary N) is 1. The summed E-state index contributed by atoms with van der Waals surface area (Å²) in [4.78, 5) is 14.5. The van der Waals surface area contributed by atoms with Gasteiger partial charge < -0.3 is 9.64 Å². The van der Waals surface area contributed by atoms with Crippen molar-refractivity contribution in [2.45, 2.75) is 50.7 Å². The maximum absolute atomic E-state index is 12.4. The van der Waals surface area contributed by atoms with E-state index in [-0.39, 0.29) is 12.1 Å². The predicted octanol–water partition coefficient (Wildman–Crippen LogP) is 2.50. The Balaban J connectivity index is 1.65. The lowest BCUT2D eigenvalue weighted by Crippen LogP contribution is -2.40. The number of rotatable bonds is 6. The lowest BCUT2D eigenvalue weighted by atomic mass is 10.0. The number of amides is 1. The molecule has 1 aromatic carbocycles. The minimum Gasteiger partial charge on any atom is -0.497 e. The van der Waals surface area contributed by atoms with E-state index in [1.165, 1.54) is 18.4 Å². The van der Waals surface area contributed by atoms with Crippen molar-refractivity contribution in [1.29, 1.82) is 0 Å². The Hall–Kier alpha value is -1.55. The third-order valence-electron chi connectivity index (χ3n) is 4.56. The Morgan fingerprint density at radius 3 is 2.57 bits per heavy atom. The molecule has 0 radical (unpaired) electrons. The number of hydrogen-bond acceptors (Lipinski definition) is 3. The minimum atomic E-state index is -0.0161. The Morgan fingerprint density at radius 2 is 2.00 bits per heavy atom. The lowest BCUT2D eigenvalue weighted by Gasteiger charge is -2.22.